The number of benzene rings is 1. The van der Waals surface area contributed by atoms with Crippen molar-refractivity contribution in [2.24, 2.45) is 0 Å². The maximum absolute atomic E-state index is 5.44. The first-order chi connectivity index (χ1) is 8.62. The van der Waals surface area contributed by atoms with Crippen LogP contribution in [-0.2, 0) is 5.54 Å². The third kappa shape index (κ3) is 1.73. The maximum Gasteiger partial charge on any atom is 0.247 e. The molecular formula is C14H17N3O. The lowest BCUT2D eigenvalue weighted by Crippen LogP contribution is -2.27. The Morgan fingerprint density at radius 1 is 1.17 bits per heavy atom. The molecule has 0 radical (unpaired) electrons. The van der Waals surface area contributed by atoms with Crippen molar-refractivity contribution in [3.8, 4) is 11.4 Å². The van der Waals surface area contributed by atoms with Crippen LogP contribution in [-0.4, -0.2) is 29.1 Å². The minimum atomic E-state index is -0.0179. The van der Waals surface area contributed by atoms with Crippen LogP contribution in [0, 0.1) is 6.92 Å². The van der Waals surface area contributed by atoms with Crippen LogP contribution < -0.4 is 0 Å². The molecule has 4 nitrogen and oxygen atoms in total. The third-order valence-electron chi connectivity index (χ3n) is 3.71. The minimum absolute atomic E-state index is 0.0179. The van der Waals surface area contributed by atoms with Gasteiger partial charge in [0.15, 0.2) is 0 Å². The van der Waals surface area contributed by atoms with Gasteiger partial charge in [0.2, 0.25) is 11.7 Å². The molecule has 0 atom stereocenters. The van der Waals surface area contributed by atoms with Gasteiger partial charge in [-0.1, -0.05) is 35.0 Å². The zero-order valence-electron chi connectivity index (χ0n) is 11.0. The molecule has 4 heteroatoms. The van der Waals surface area contributed by atoms with Crippen LogP contribution in [0.5, 0.6) is 0 Å². The van der Waals surface area contributed by atoms with Crippen LogP contribution >= 0.6 is 0 Å². The van der Waals surface area contributed by atoms with Gasteiger partial charge in [0.05, 0.1) is 0 Å². The van der Waals surface area contributed by atoms with E-state index in [0.717, 1.165) is 24.3 Å². The zero-order valence-corrected chi connectivity index (χ0v) is 11.0. The highest BCUT2D eigenvalue weighted by molar-refractivity contribution is 5.54. The fourth-order valence-electron chi connectivity index (χ4n) is 2.20. The topological polar surface area (TPSA) is 42.2 Å². The summed E-state index contributed by atoms with van der Waals surface area (Å²) < 4.78 is 5.44. The molecule has 0 saturated heterocycles. The third-order valence-corrected chi connectivity index (χ3v) is 3.71. The summed E-state index contributed by atoms with van der Waals surface area (Å²) in [5.74, 6) is 1.42. The van der Waals surface area contributed by atoms with Crippen LogP contribution in [0.15, 0.2) is 28.8 Å². The Balaban J connectivity index is 1.92. The molecule has 0 aliphatic heterocycles. The first-order valence-electron chi connectivity index (χ1n) is 6.20. The van der Waals surface area contributed by atoms with Gasteiger partial charge in [-0.05, 0) is 33.9 Å². The Hall–Kier alpha value is -1.68. The lowest BCUT2D eigenvalue weighted by molar-refractivity contribution is 0.208. The number of aryl methyl sites for hydroxylation is 1. The lowest BCUT2D eigenvalue weighted by Gasteiger charge is -2.18. The highest BCUT2D eigenvalue weighted by Gasteiger charge is 2.51. The summed E-state index contributed by atoms with van der Waals surface area (Å²) in [6.45, 7) is 2.07. The smallest absolute Gasteiger partial charge is 0.247 e. The second-order valence-electron chi connectivity index (χ2n) is 5.22. The number of nitrogens with zero attached hydrogens (tertiary/aromatic N) is 3. The van der Waals surface area contributed by atoms with Crippen molar-refractivity contribution in [3.05, 3.63) is 35.7 Å². The molecule has 1 heterocycles. The Labute approximate surface area is 107 Å². The molecule has 0 amide bonds. The number of rotatable bonds is 3. The summed E-state index contributed by atoms with van der Waals surface area (Å²) in [6, 6.07) is 8.17. The van der Waals surface area contributed by atoms with Crippen molar-refractivity contribution in [3.63, 3.8) is 0 Å². The molecule has 1 aromatic heterocycles. The molecule has 1 saturated carbocycles. The van der Waals surface area contributed by atoms with Gasteiger partial charge in [-0.3, -0.25) is 4.90 Å². The summed E-state index contributed by atoms with van der Waals surface area (Å²) in [4.78, 5) is 6.71. The molecule has 1 aliphatic carbocycles. The van der Waals surface area contributed by atoms with E-state index < -0.39 is 0 Å². The van der Waals surface area contributed by atoms with Gasteiger partial charge in [-0.2, -0.15) is 4.98 Å². The second kappa shape index (κ2) is 3.92. The first kappa shape index (κ1) is 11.4. The van der Waals surface area contributed by atoms with E-state index in [2.05, 4.69) is 48.2 Å². The molecule has 0 bridgehead atoms. The lowest BCUT2D eigenvalue weighted by atomic mass is 10.1. The van der Waals surface area contributed by atoms with E-state index in [0.29, 0.717) is 5.82 Å². The van der Waals surface area contributed by atoms with E-state index in [1.165, 1.54) is 5.56 Å². The summed E-state index contributed by atoms with van der Waals surface area (Å²) >= 11 is 0. The molecule has 1 fully saturated rings. The predicted molar refractivity (Wildman–Crippen MR) is 69.1 cm³/mol. The van der Waals surface area contributed by atoms with Crippen molar-refractivity contribution >= 4 is 0 Å². The van der Waals surface area contributed by atoms with Crippen LogP contribution in [0.2, 0.25) is 0 Å². The standard InChI is InChI=1S/C14H17N3O/c1-10-4-6-11(7-5-10)12-15-13(18-16-12)14(8-9-14)17(2)3/h4-7H,8-9H2,1-3H3. The average molecular weight is 243 g/mol. The molecular weight excluding hydrogens is 226 g/mol. The van der Waals surface area contributed by atoms with E-state index in [1.54, 1.807) is 0 Å². The van der Waals surface area contributed by atoms with Crippen molar-refractivity contribution < 1.29 is 4.52 Å². The Bertz CT molecular complexity index is 553. The van der Waals surface area contributed by atoms with Crippen LogP contribution in [0.4, 0.5) is 0 Å². The highest BCUT2D eigenvalue weighted by atomic mass is 16.5. The molecule has 1 aromatic carbocycles. The van der Waals surface area contributed by atoms with E-state index in [-0.39, 0.29) is 5.54 Å². The van der Waals surface area contributed by atoms with Crippen LogP contribution in [0.1, 0.15) is 24.3 Å². The predicted octanol–water partition coefficient (Wildman–Crippen LogP) is 2.60. The van der Waals surface area contributed by atoms with E-state index in [9.17, 15) is 0 Å². The highest BCUT2D eigenvalue weighted by Crippen LogP contribution is 2.49. The fourth-order valence-corrected chi connectivity index (χ4v) is 2.20. The van der Waals surface area contributed by atoms with E-state index in [4.69, 9.17) is 4.52 Å². The monoisotopic (exact) mass is 243 g/mol. The summed E-state index contributed by atoms with van der Waals surface area (Å²) in [5, 5.41) is 4.09. The summed E-state index contributed by atoms with van der Waals surface area (Å²) in [5.41, 5.74) is 2.22. The average Bonchev–Trinajstić information content (AvgIpc) is 3.03. The second-order valence-corrected chi connectivity index (χ2v) is 5.22. The molecule has 2 aromatic rings. The number of hydrogen-bond donors (Lipinski definition) is 0. The fraction of sp³-hybridized carbons (Fsp3) is 0.429. The van der Waals surface area contributed by atoms with Gasteiger partial charge in [0.1, 0.15) is 5.54 Å². The van der Waals surface area contributed by atoms with Crippen molar-refractivity contribution in [1.29, 1.82) is 0 Å². The van der Waals surface area contributed by atoms with Crippen LogP contribution in [0.25, 0.3) is 11.4 Å². The Kier molecular flexibility index (Phi) is 2.48. The van der Waals surface area contributed by atoms with E-state index >= 15 is 0 Å². The van der Waals surface area contributed by atoms with Gasteiger partial charge >= 0.3 is 0 Å². The van der Waals surface area contributed by atoms with Gasteiger partial charge in [-0.25, -0.2) is 0 Å². The molecule has 94 valence electrons. The van der Waals surface area contributed by atoms with Crippen molar-refractivity contribution in [2.45, 2.75) is 25.3 Å². The van der Waals surface area contributed by atoms with Gasteiger partial charge in [0.25, 0.3) is 0 Å². The van der Waals surface area contributed by atoms with Gasteiger partial charge in [-0.15, -0.1) is 0 Å². The molecule has 1 aliphatic rings. The van der Waals surface area contributed by atoms with Crippen molar-refractivity contribution in [1.82, 2.24) is 15.0 Å². The maximum atomic E-state index is 5.44. The van der Waals surface area contributed by atoms with E-state index in [1.807, 2.05) is 12.1 Å². The largest absolute Gasteiger partial charge is 0.337 e. The van der Waals surface area contributed by atoms with Gasteiger partial charge in [0, 0.05) is 5.56 Å². The van der Waals surface area contributed by atoms with Gasteiger partial charge < -0.3 is 4.52 Å². The number of aromatic nitrogens is 2. The Morgan fingerprint density at radius 2 is 1.83 bits per heavy atom. The minimum Gasteiger partial charge on any atom is -0.337 e. The molecule has 0 unspecified atom stereocenters. The molecule has 0 spiro atoms. The number of hydrogen-bond acceptors (Lipinski definition) is 4. The first-order valence-corrected chi connectivity index (χ1v) is 6.20. The summed E-state index contributed by atoms with van der Waals surface area (Å²) in [6.07, 6.45) is 2.19. The molecule has 3 rings (SSSR count). The summed E-state index contributed by atoms with van der Waals surface area (Å²) in [7, 11) is 4.12. The quantitative estimate of drug-likeness (QED) is 0.831. The zero-order chi connectivity index (χ0) is 12.8. The molecule has 18 heavy (non-hydrogen) atoms. The SMILES string of the molecule is Cc1ccc(-c2noc(C3(N(C)C)CC3)n2)cc1. The normalized spacial score (nSPS) is 17.1. The Morgan fingerprint density at radius 3 is 2.39 bits per heavy atom. The molecule has 0 N–H and O–H groups in total. The van der Waals surface area contributed by atoms with Crippen LogP contribution in [0.3, 0.4) is 0 Å². The van der Waals surface area contributed by atoms with Crippen molar-refractivity contribution in [2.75, 3.05) is 14.1 Å².